The van der Waals surface area contributed by atoms with Crippen molar-refractivity contribution in [3.8, 4) is 0 Å². The Morgan fingerprint density at radius 1 is 0.625 bits per heavy atom. The molecule has 0 radical (unpaired) electrons. The van der Waals surface area contributed by atoms with Crippen LogP contribution in [0.3, 0.4) is 0 Å². The summed E-state index contributed by atoms with van der Waals surface area (Å²) in [7, 11) is -3.68. The molecule has 0 fully saturated rings. The fourth-order valence-corrected chi connectivity index (χ4v) is 7.66. The molecule has 316 valence electrons. The van der Waals surface area contributed by atoms with Gasteiger partial charge in [-0.25, -0.2) is 30.8 Å². The van der Waals surface area contributed by atoms with Crippen LogP contribution in [0.2, 0.25) is 0 Å². The van der Waals surface area contributed by atoms with Crippen LogP contribution < -0.4 is 31.0 Å². The molecule has 4 rings (SSSR count). The van der Waals surface area contributed by atoms with Crippen molar-refractivity contribution in [2.75, 3.05) is 47.7 Å². The van der Waals surface area contributed by atoms with Gasteiger partial charge in [0.25, 0.3) is 5.56 Å². The van der Waals surface area contributed by atoms with Crippen molar-refractivity contribution in [1.29, 1.82) is 0 Å². The first-order chi connectivity index (χ1) is 26.2. The number of nitrogens with zero attached hydrogens (tertiary/aromatic N) is 6. The Kier molecular flexibility index (Phi) is 21.6. The van der Waals surface area contributed by atoms with E-state index in [-0.39, 0.29) is 11.2 Å². The van der Waals surface area contributed by atoms with E-state index in [0.29, 0.717) is 25.6 Å². The van der Waals surface area contributed by atoms with Gasteiger partial charge in [0, 0.05) is 74.1 Å². The summed E-state index contributed by atoms with van der Waals surface area (Å²) in [6.07, 6.45) is 12.7. The number of anilines is 2. The normalized spacial score (nSPS) is 16.0. The van der Waals surface area contributed by atoms with Gasteiger partial charge in [-0.3, -0.25) is 13.9 Å². The van der Waals surface area contributed by atoms with Gasteiger partial charge in [-0.15, -0.1) is 0 Å². The van der Waals surface area contributed by atoms with Gasteiger partial charge in [0.1, 0.15) is 11.4 Å². The quantitative estimate of drug-likeness (QED) is 0.188. The average Bonchev–Trinajstić information content (AvgIpc) is 3.07. The van der Waals surface area contributed by atoms with E-state index in [1.807, 2.05) is 6.92 Å². The second-order valence-corrected chi connectivity index (χ2v) is 18.7. The molecule has 2 N–H and O–H groups in total. The summed E-state index contributed by atoms with van der Waals surface area (Å²) in [5.74, 6) is 3.88. The Morgan fingerprint density at radius 2 is 1.00 bits per heavy atom. The van der Waals surface area contributed by atoms with E-state index in [0.717, 1.165) is 123 Å². The highest BCUT2D eigenvalue weighted by Gasteiger charge is 2.18. The van der Waals surface area contributed by atoms with E-state index >= 15 is 0 Å². The van der Waals surface area contributed by atoms with Crippen LogP contribution >= 0.6 is 23.5 Å². The van der Waals surface area contributed by atoms with Crippen LogP contribution in [-0.2, 0) is 47.4 Å². The first-order valence-corrected chi connectivity index (χ1v) is 24.5. The van der Waals surface area contributed by atoms with E-state index in [4.69, 9.17) is 35.9 Å². The average molecular weight is 861 g/mol. The summed E-state index contributed by atoms with van der Waals surface area (Å²) in [5.41, 5.74) is 2.77. The summed E-state index contributed by atoms with van der Waals surface area (Å²) < 4.78 is 62.0. The van der Waals surface area contributed by atoms with E-state index in [1.165, 1.54) is 16.0 Å². The zero-order chi connectivity index (χ0) is 41.9. The second-order valence-electron chi connectivity index (χ2n) is 13.8. The second kappa shape index (κ2) is 24.7. The molecule has 16 nitrogen and oxygen atoms in total. The van der Waals surface area contributed by atoms with Crippen LogP contribution in [0.15, 0.2) is 38.1 Å². The van der Waals surface area contributed by atoms with Gasteiger partial charge in [0.05, 0.1) is 34.3 Å². The van der Waals surface area contributed by atoms with Crippen LogP contribution in [0.1, 0.15) is 87.7 Å². The Labute approximate surface area is 340 Å². The Balaban J connectivity index is 0.000000961. The summed E-state index contributed by atoms with van der Waals surface area (Å²) in [6, 6.07) is 5.86. The number of thioether (sulfide) groups is 2. The highest BCUT2D eigenvalue weighted by molar-refractivity contribution is 7.99. The largest absolute Gasteiger partial charge is 0.748 e. The third kappa shape index (κ3) is 20.4. The Morgan fingerprint density at radius 3 is 1.43 bits per heavy atom. The molecular weight excluding hydrogens is 801 g/mol. The number of fused-ring (bicyclic) bond motifs is 6. The predicted octanol–water partition coefficient (Wildman–Crippen LogP) is 3.41. The molecule has 6 bridgehead atoms. The first-order valence-electron chi connectivity index (χ1n) is 18.9. The van der Waals surface area contributed by atoms with Gasteiger partial charge in [-0.05, 0) is 99.2 Å². The maximum atomic E-state index is 13.2. The summed E-state index contributed by atoms with van der Waals surface area (Å²) in [6.45, 7) is 9.06. The molecule has 1 aliphatic rings. The fraction of sp³-hybridized carbons (Fsp3) is 0.667. The van der Waals surface area contributed by atoms with Crippen LogP contribution in [0.25, 0.3) is 0 Å². The summed E-state index contributed by atoms with van der Waals surface area (Å²) in [4.78, 5) is 35.7. The van der Waals surface area contributed by atoms with Crippen LogP contribution in [0, 0.1) is 20.8 Å². The molecule has 0 spiro atoms. The van der Waals surface area contributed by atoms with Crippen molar-refractivity contribution >= 4 is 55.4 Å². The zero-order valence-corrected chi connectivity index (χ0v) is 37.1. The molecule has 0 saturated heterocycles. The van der Waals surface area contributed by atoms with E-state index in [9.17, 15) is 9.59 Å². The van der Waals surface area contributed by atoms with Crippen molar-refractivity contribution in [3.05, 3.63) is 56.1 Å². The molecule has 0 saturated carbocycles. The monoisotopic (exact) mass is 860 g/mol. The molecule has 56 heavy (non-hydrogen) atoms. The molecule has 3 aromatic heterocycles. The summed E-state index contributed by atoms with van der Waals surface area (Å²) in [5, 5.41) is 9.13. The molecule has 1 aliphatic heterocycles. The molecule has 3 aromatic rings. The maximum absolute atomic E-state index is 13.2. The minimum Gasteiger partial charge on any atom is -0.748 e. The molecule has 0 atom stereocenters. The lowest BCUT2D eigenvalue weighted by molar-refractivity contribution is -0.718. The maximum Gasteiger partial charge on any atom is 0.361 e. The number of aromatic nitrogens is 6. The highest BCUT2D eigenvalue weighted by atomic mass is 32.2. The minimum absolute atomic E-state index is 0.166. The number of rotatable bonds is 0. The van der Waals surface area contributed by atoms with Crippen molar-refractivity contribution in [1.82, 2.24) is 19.1 Å². The highest BCUT2D eigenvalue weighted by Crippen LogP contribution is 2.19. The Hall–Kier alpha value is -3.04. The molecule has 0 amide bonds. The predicted molar refractivity (Wildman–Crippen MR) is 220 cm³/mol. The number of nitrogens with one attached hydrogen (secondary N) is 2. The molecule has 0 unspecified atom stereocenters. The van der Waals surface area contributed by atoms with Gasteiger partial charge in [0.2, 0.25) is 11.6 Å². The first kappa shape index (κ1) is 49.1. The summed E-state index contributed by atoms with van der Waals surface area (Å²) >= 11 is 3.60. The molecule has 20 heteroatoms. The van der Waals surface area contributed by atoms with Gasteiger partial charge >= 0.3 is 16.0 Å². The number of hydrogen-bond donors (Lipinski definition) is 2. The van der Waals surface area contributed by atoms with E-state index in [2.05, 4.69) is 59.8 Å². The van der Waals surface area contributed by atoms with Crippen molar-refractivity contribution < 1.29 is 35.1 Å². The smallest absolute Gasteiger partial charge is 0.361 e. The van der Waals surface area contributed by atoms with Gasteiger partial charge in [-0.1, -0.05) is 25.7 Å². The lowest BCUT2D eigenvalue weighted by Gasteiger charge is -2.13. The van der Waals surface area contributed by atoms with Gasteiger partial charge in [0.15, 0.2) is 0 Å². The minimum atomic E-state index is -3.92. The Bertz CT molecular complexity index is 2000. The van der Waals surface area contributed by atoms with E-state index in [1.54, 1.807) is 34.2 Å². The standard InChI is InChI=1S/C34H52N8O2S2.2CH4O3S/c1-26-23-29-35-17-11-10-12-18-36-30-24-27(2)40(5)33(38-30)46-22-16-9-7-14-20-42-31(43)25-28(3)41(34(42)44)19-13-6-8-15-21-45-32(37-29)39(26)4;2*1-5(2,3)4/h23-25H,6-22H2,1-5H3;2*1H3,(H,2,3,4). The molecular formula is C36H60N8O8S4. The van der Waals surface area contributed by atoms with Crippen LogP contribution in [0.4, 0.5) is 11.6 Å². The van der Waals surface area contributed by atoms with Crippen molar-refractivity contribution in [2.45, 2.75) is 115 Å². The topological polar surface area (TPSA) is 216 Å². The lowest BCUT2D eigenvalue weighted by Crippen LogP contribution is -2.40. The number of hydrogen-bond acceptors (Lipinski definition) is 14. The van der Waals surface area contributed by atoms with Crippen LogP contribution in [-0.4, -0.2) is 82.2 Å². The van der Waals surface area contributed by atoms with Crippen molar-refractivity contribution in [3.63, 3.8) is 0 Å². The zero-order valence-electron chi connectivity index (χ0n) is 33.8. The molecule has 4 heterocycles. The van der Waals surface area contributed by atoms with E-state index < -0.39 is 20.2 Å². The lowest BCUT2D eigenvalue weighted by atomic mass is 10.2. The third-order valence-electron chi connectivity index (χ3n) is 8.72. The van der Waals surface area contributed by atoms with Gasteiger partial charge < -0.3 is 19.7 Å². The third-order valence-corrected chi connectivity index (χ3v) is 11.0. The molecule has 0 aromatic carbocycles. The molecule has 0 aliphatic carbocycles. The van der Waals surface area contributed by atoms with Crippen molar-refractivity contribution in [2.24, 2.45) is 14.1 Å². The van der Waals surface area contributed by atoms with Gasteiger partial charge in [-0.2, -0.15) is 0 Å². The fourth-order valence-electron chi connectivity index (χ4n) is 5.59. The van der Waals surface area contributed by atoms with Crippen LogP contribution in [0.5, 0.6) is 0 Å². The number of aryl methyl sites for hydroxylation is 3. The SMILES string of the molecule is CS(=O)(=O)[O-].CS(=O)(=O)[O-].Cc1cc(=O)n2c(=O)n1CCCCCCSc1nc(cc(C)[n+]1C)NCCCCCNc1cc(C)[n+](C)c(n1)SCCCCCC2.